The molecule has 0 N–H and O–H groups in total. The van der Waals surface area contributed by atoms with Crippen molar-refractivity contribution in [2.24, 2.45) is 0 Å². The van der Waals surface area contributed by atoms with Crippen molar-refractivity contribution >= 4 is 11.8 Å². The first-order valence-electron chi connectivity index (χ1n) is 8.66. The van der Waals surface area contributed by atoms with Crippen LogP contribution in [0.4, 0.5) is 4.39 Å². The minimum Gasteiger partial charge on any atom is -0.270 e. The molecule has 1 aromatic heterocycles. The Labute approximate surface area is 161 Å². The Morgan fingerprint density at radius 2 is 1.67 bits per heavy atom. The van der Waals surface area contributed by atoms with Crippen molar-refractivity contribution in [3.63, 3.8) is 0 Å². The van der Waals surface area contributed by atoms with Gasteiger partial charge in [-0.3, -0.25) is 4.57 Å². The van der Waals surface area contributed by atoms with Crippen LogP contribution in [0.3, 0.4) is 0 Å². The Kier molecular flexibility index (Phi) is 5.03. The summed E-state index contributed by atoms with van der Waals surface area (Å²) < 4.78 is 15.3. The molecule has 4 rings (SSSR count). The van der Waals surface area contributed by atoms with Crippen molar-refractivity contribution < 1.29 is 4.39 Å². The van der Waals surface area contributed by atoms with Gasteiger partial charge >= 0.3 is 0 Å². The molecule has 134 valence electrons. The highest BCUT2D eigenvalue weighted by Gasteiger charge is 2.16. The molecule has 0 saturated carbocycles. The largest absolute Gasteiger partial charge is 0.270 e. The number of nitrogens with zero attached hydrogens (tertiary/aromatic N) is 3. The summed E-state index contributed by atoms with van der Waals surface area (Å²) in [5.74, 6) is 1.24. The van der Waals surface area contributed by atoms with Crippen LogP contribution in [-0.2, 0) is 5.75 Å². The van der Waals surface area contributed by atoms with E-state index < -0.39 is 0 Å². The van der Waals surface area contributed by atoms with E-state index in [9.17, 15) is 4.39 Å². The Morgan fingerprint density at radius 3 is 2.41 bits per heavy atom. The summed E-state index contributed by atoms with van der Waals surface area (Å²) in [6.45, 7) is 2.09. The van der Waals surface area contributed by atoms with Gasteiger partial charge in [-0.15, -0.1) is 10.2 Å². The highest BCUT2D eigenvalue weighted by molar-refractivity contribution is 7.98. The van der Waals surface area contributed by atoms with Gasteiger partial charge in [0.2, 0.25) is 0 Å². The molecular formula is C22H18FN3S. The molecule has 3 aromatic carbocycles. The first kappa shape index (κ1) is 17.5. The topological polar surface area (TPSA) is 30.7 Å². The maximum Gasteiger partial charge on any atom is 0.196 e. The SMILES string of the molecule is Cc1cccc(CSc2nnc(-c3ccc(F)cc3)n2-c2ccccc2)c1. The fourth-order valence-corrected chi connectivity index (χ4v) is 3.80. The third kappa shape index (κ3) is 3.93. The van der Waals surface area contributed by atoms with Gasteiger partial charge in [-0.25, -0.2) is 4.39 Å². The minimum atomic E-state index is -0.265. The van der Waals surface area contributed by atoms with Crippen molar-refractivity contribution in [3.05, 3.63) is 95.8 Å². The molecule has 27 heavy (non-hydrogen) atoms. The number of hydrogen-bond acceptors (Lipinski definition) is 3. The molecule has 5 heteroatoms. The second-order valence-electron chi connectivity index (χ2n) is 6.26. The lowest BCUT2D eigenvalue weighted by Crippen LogP contribution is -1.99. The number of aryl methyl sites for hydroxylation is 1. The Hall–Kier alpha value is -2.92. The lowest BCUT2D eigenvalue weighted by Gasteiger charge is -2.10. The summed E-state index contributed by atoms with van der Waals surface area (Å²) in [5.41, 5.74) is 4.29. The highest BCUT2D eigenvalue weighted by Crippen LogP contribution is 2.29. The summed E-state index contributed by atoms with van der Waals surface area (Å²) in [6.07, 6.45) is 0. The monoisotopic (exact) mass is 375 g/mol. The second kappa shape index (κ2) is 7.76. The Morgan fingerprint density at radius 1 is 0.889 bits per heavy atom. The van der Waals surface area contributed by atoms with E-state index in [0.29, 0.717) is 5.82 Å². The summed E-state index contributed by atoms with van der Waals surface area (Å²) in [4.78, 5) is 0. The minimum absolute atomic E-state index is 0.265. The van der Waals surface area contributed by atoms with E-state index in [4.69, 9.17) is 0 Å². The zero-order valence-electron chi connectivity index (χ0n) is 14.8. The number of hydrogen-bond donors (Lipinski definition) is 0. The molecule has 0 atom stereocenters. The third-order valence-corrected chi connectivity index (χ3v) is 5.20. The standard InChI is InChI=1S/C22H18FN3S/c1-16-6-5-7-17(14-16)15-27-22-25-24-21(18-10-12-19(23)13-11-18)26(22)20-8-3-2-4-9-20/h2-14H,15H2,1H3. The quantitative estimate of drug-likeness (QED) is 0.421. The van der Waals surface area contributed by atoms with Gasteiger partial charge in [-0.05, 0) is 48.9 Å². The van der Waals surface area contributed by atoms with E-state index in [1.54, 1.807) is 23.9 Å². The summed E-state index contributed by atoms with van der Waals surface area (Å²) >= 11 is 1.64. The van der Waals surface area contributed by atoms with Gasteiger partial charge in [0.15, 0.2) is 11.0 Å². The fraction of sp³-hybridized carbons (Fsp3) is 0.0909. The molecule has 0 saturated heterocycles. The zero-order valence-corrected chi connectivity index (χ0v) is 15.7. The van der Waals surface area contributed by atoms with Crippen LogP contribution < -0.4 is 0 Å². The maximum atomic E-state index is 13.3. The fourth-order valence-electron chi connectivity index (χ4n) is 2.91. The highest BCUT2D eigenvalue weighted by atomic mass is 32.2. The second-order valence-corrected chi connectivity index (χ2v) is 7.20. The van der Waals surface area contributed by atoms with E-state index in [0.717, 1.165) is 22.2 Å². The lowest BCUT2D eigenvalue weighted by atomic mass is 10.2. The maximum absolute atomic E-state index is 13.3. The number of rotatable bonds is 5. The third-order valence-electron chi connectivity index (χ3n) is 4.20. The molecule has 0 fully saturated rings. The molecule has 1 heterocycles. The van der Waals surface area contributed by atoms with Crippen molar-refractivity contribution in [2.75, 3.05) is 0 Å². The van der Waals surface area contributed by atoms with Crippen molar-refractivity contribution in [2.45, 2.75) is 17.8 Å². The molecule has 0 amide bonds. The molecule has 0 bridgehead atoms. The van der Waals surface area contributed by atoms with Crippen molar-refractivity contribution in [1.82, 2.24) is 14.8 Å². The number of para-hydroxylation sites is 1. The van der Waals surface area contributed by atoms with Gasteiger partial charge in [-0.2, -0.15) is 0 Å². The normalized spacial score (nSPS) is 10.9. The molecule has 0 spiro atoms. The molecule has 3 nitrogen and oxygen atoms in total. The Balaban J connectivity index is 1.72. The van der Waals surface area contributed by atoms with Gasteiger partial charge in [0.25, 0.3) is 0 Å². The van der Waals surface area contributed by atoms with E-state index in [2.05, 4.69) is 41.4 Å². The number of halogens is 1. The van der Waals surface area contributed by atoms with Gasteiger partial charge in [0.1, 0.15) is 5.82 Å². The van der Waals surface area contributed by atoms with Gasteiger partial charge in [0, 0.05) is 17.0 Å². The predicted octanol–water partition coefficient (Wildman–Crippen LogP) is 5.67. The van der Waals surface area contributed by atoms with Gasteiger partial charge in [0.05, 0.1) is 0 Å². The molecule has 0 aliphatic carbocycles. The van der Waals surface area contributed by atoms with E-state index >= 15 is 0 Å². The smallest absolute Gasteiger partial charge is 0.196 e. The van der Waals surface area contributed by atoms with Crippen LogP contribution in [-0.4, -0.2) is 14.8 Å². The molecule has 0 radical (unpaired) electrons. The average Bonchev–Trinajstić information content (AvgIpc) is 3.12. The Bertz CT molecular complexity index is 1040. The van der Waals surface area contributed by atoms with Crippen LogP contribution in [0.5, 0.6) is 0 Å². The number of aromatic nitrogens is 3. The molecule has 0 aliphatic rings. The van der Waals surface area contributed by atoms with Crippen LogP contribution in [0.25, 0.3) is 17.1 Å². The number of thioether (sulfide) groups is 1. The molecule has 0 unspecified atom stereocenters. The van der Waals surface area contributed by atoms with Crippen LogP contribution in [0.2, 0.25) is 0 Å². The number of benzene rings is 3. The van der Waals surface area contributed by atoms with E-state index in [1.165, 1.54) is 23.3 Å². The van der Waals surface area contributed by atoms with Crippen molar-refractivity contribution in [1.29, 1.82) is 0 Å². The summed E-state index contributed by atoms with van der Waals surface area (Å²) in [5, 5.41) is 9.61. The summed E-state index contributed by atoms with van der Waals surface area (Å²) in [7, 11) is 0. The lowest BCUT2D eigenvalue weighted by molar-refractivity contribution is 0.628. The average molecular weight is 375 g/mol. The molecule has 0 aliphatic heterocycles. The predicted molar refractivity (Wildman–Crippen MR) is 107 cm³/mol. The van der Waals surface area contributed by atoms with Crippen LogP contribution in [0, 0.1) is 12.7 Å². The van der Waals surface area contributed by atoms with Gasteiger partial charge < -0.3 is 0 Å². The first-order valence-corrected chi connectivity index (χ1v) is 9.64. The molecule has 4 aromatic rings. The first-order chi connectivity index (χ1) is 13.2. The van der Waals surface area contributed by atoms with Crippen molar-refractivity contribution in [3.8, 4) is 17.1 Å². The van der Waals surface area contributed by atoms with Crippen LogP contribution in [0.15, 0.2) is 84.0 Å². The van der Waals surface area contributed by atoms with Gasteiger partial charge in [-0.1, -0.05) is 59.8 Å². The van der Waals surface area contributed by atoms with Crippen LogP contribution in [0.1, 0.15) is 11.1 Å². The van der Waals surface area contributed by atoms with Crippen LogP contribution >= 0.6 is 11.8 Å². The van der Waals surface area contributed by atoms with E-state index in [-0.39, 0.29) is 5.82 Å². The summed E-state index contributed by atoms with van der Waals surface area (Å²) in [6, 6.07) is 24.8. The molecular weight excluding hydrogens is 357 g/mol. The zero-order chi connectivity index (χ0) is 18.6. The van der Waals surface area contributed by atoms with E-state index in [1.807, 2.05) is 34.9 Å².